The van der Waals surface area contributed by atoms with Crippen molar-refractivity contribution in [2.45, 2.75) is 34.2 Å². The first kappa shape index (κ1) is 24.2. The van der Waals surface area contributed by atoms with Crippen LogP contribution >= 0.6 is 0 Å². The molecule has 2 aromatic carbocycles. The molecule has 0 bridgehead atoms. The Kier molecular flexibility index (Phi) is 6.25. The van der Waals surface area contributed by atoms with Gasteiger partial charge in [0, 0.05) is 23.7 Å². The first-order valence-corrected chi connectivity index (χ1v) is 12.2. The van der Waals surface area contributed by atoms with E-state index in [2.05, 4.69) is 10.4 Å². The molecule has 37 heavy (non-hydrogen) atoms. The summed E-state index contributed by atoms with van der Waals surface area (Å²) in [6.07, 6.45) is 0. The molecule has 0 aliphatic rings. The Hall–Kier alpha value is -4.46. The molecule has 0 atom stereocenters. The quantitative estimate of drug-likeness (QED) is 0.343. The maximum atomic E-state index is 13.7. The highest BCUT2D eigenvalue weighted by Crippen LogP contribution is 2.30. The molecule has 8 nitrogen and oxygen atoms in total. The lowest BCUT2D eigenvalue weighted by Crippen LogP contribution is -2.14. The van der Waals surface area contributed by atoms with E-state index in [0.29, 0.717) is 17.8 Å². The number of hydrogen-bond donors (Lipinski definition) is 1. The van der Waals surface area contributed by atoms with Crippen molar-refractivity contribution in [2.75, 3.05) is 12.4 Å². The Balaban J connectivity index is 1.52. The number of anilines is 1. The molecule has 0 saturated carbocycles. The van der Waals surface area contributed by atoms with Gasteiger partial charge in [0.15, 0.2) is 0 Å². The third-order valence-corrected chi connectivity index (χ3v) is 6.81. The molecule has 0 saturated heterocycles. The minimum atomic E-state index is -0.203. The number of nitrogens with one attached hydrogen (secondary N) is 1. The van der Waals surface area contributed by atoms with Gasteiger partial charge in [0.2, 0.25) is 0 Å². The van der Waals surface area contributed by atoms with Crippen LogP contribution in [0.15, 0.2) is 54.6 Å². The molecule has 0 radical (unpaired) electrons. The summed E-state index contributed by atoms with van der Waals surface area (Å²) in [5.41, 5.74) is 8.28. The van der Waals surface area contributed by atoms with E-state index in [1.165, 1.54) is 0 Å². The number of fused-ring (bicyclic) bond motifs is 1. The van der Waals surface area contributed by atoms with Gasteiger partial charge in [-0.1, -0.05) is 30.3 Å². The van der Waals surface area contributed by atoms with Crippen LogP contribution in [0.5, 0.6) is 5.75 Å². The topological polar surface area (TPSA) is 86.9 Å². The number of carbonyl (C=O) groups excluding carboxylic acids is 1. The Morgan fingerprint density at radius 1 is 0.946 bits per heavy atom. The molecule has 3 aromatic heterocycles. The second kappa shape index (κ2) is 9.54. The summed E-state index contributed by atoms with van der Waals surface area (Å²) in [7, 11) is 3.57. The average molecular weight is 495 g/mol. The second-order valence-corrected chi connectivity index (χ2v) is 9.25. The van der Waals surface area contributed by atoms with E-state index in [1.54, 1.807) is 7.11 Å². The van der Waals surface area contributed by atoms with Crippen LogP contribution in [-0.4, -0.2) is 37.6 Å². The van der Waals surface area contributed by atoms with Crippen LogP contribution in [0.25, 0.3) is 22.2 Å². The molecule has 8 heteroatoms. The Labute approximate surface area is 215 Å². The number of aromatic nitrogens is 5. The van der Waals surface area contributed by atoms with Gasteiger partial charge in [-0.2, -0.15) is 10.2 Å². The number of amides is 1. The third-order valence-electron chi connectivity index (χ3n) is 6.81. The van der Waals surface area contributed by atoms with E-state index in [4.69, 9.17) is 14.8 Å². The molecule has 5 aromatic rings. The summed E-state index contributed by atoms with van der Waals surface area (Å²) in [6, 6.07) is 17.5. The first-order valence-electron chi connectivity index (χ1n) is 12.2. The molecular weight excluding hydrogens is 464 g/mol. The maximum Gasteiger partial charge on any atom is 0.256 e. The van der Waals surface area contributed by atoms with Crippen molar-refractivity contribution in [3.63, 3.8) is 0 Å². The Bertz CT molecular complexity index is 1650. The van der Waals surface area contributed by atoms with Crippen LogP contribution in [0, 0.1) is 27.7 Å². The van der Waals surface area contributed by atoms with Gasteiger partial charge in [-0.15, -0.1) is 0 Å². The smallest absolute Gasteiger partial charge is 0.256 e. The highest BCUT2D eigenvalue weighted by molar-refractivity contribution is 6.13. The van der Waals surface area contributed by atoms with Crippen LogP contribution in [0.4, 0.5) is 5.69 Å². The fraction of sp³-hybridized carbons (Fsp3) is 0.241. The Morgan fingerprint density at radius 3 is 2.46 bits per heavy atom. The summed E-state index contributed by atoms with van der Waals surface area (Å²) < 4.78 is 9.09. The minimum absolute atomic E-state index is 0.203. The van der Waals surface area contributed by atoms with Crippen molar-refractivity contribution in [1.29, 1.82) is 0 Å². The molecular formula is C29H30N6O2. The van der Waals surface area contributed by atoms with Crippen LogP contribution in [0.1, 0.15) is 38.7 Å². The summed E-state index contributed by atoms with van der Waals surface area (Å²) in [6.45, 7) is 8.41. The third kappa shape index (κ3) is 4.46. The van der Waals surface area contributed by atoms with Gasteiger partial charge in [0.25, 0.3) is 5.91 Å². The highest BCUT2D eigenvalue weighted by atomic mass is 16.5. The van der Waals surface area contributed by atoms with Crippen molar-refractivity contribution in [2.24, 2.45) is 7.05 Å². The van der Waals surface area contributed by atoms with E-state index in [-0.39, 0.29) is 5.91 Å². The van der Waals surface area contributed by atoms with Crippen LogP contribution < -0.4 is 10.1 Å². The van der Waals surface area contributed by atoms with E-state index in [0.717, 1.165) is 56.2 Å². The van der Waals surface area contributed by atoms with Gasteiger partial charge in [0.05, 0.1) is 53.2 Å². The number of nitrogens with zero attached hydrogens (tertiary/aromatic N) is 5. The number of carbonyl (C=O) groups is 1. The summed E-state index contributed by atoms with van der Waals surface area (Å²) >= 11 is 0. The van der Waals surface area contributed by atoms with Gasteiger partial charge >= 0.3 is 0 Å². The normalized spacial score (nSPS) is 11.2. The van der Waals surface area contributed by atoms with Crippen molar-refractivity contribution < 1.29 is 9.53 Å². The van der Waals surface area contributed by atoms with Gasteiger partial charge in [-0.3, -0.25) is 14.2 Å². The van der Waals surface area contributed by atoms with E-state index in [1.807, 2.05) is 98.7 Å². The van der Waals surface area contributed by atoms with E-state index in [9.17, 15) is 4.79 Å². The minimum Gasteiger partial charge on any atom is -0.497 e. The predicted octanol–water partition coefficient (Wildman–Crippen LogP) is 5.37. The maximum absolute atomic E-state index is 13.7. The highest BCUT2D eigenvalue weighted by Gasteiger charge is 2.21. The number of pyridine rings is 1. The van der Waals surface area contributed by atoms with Crippen molar-refractivity contribution in [3.05, 3.63) is 88.5 Å². The summed E-state index contributed by atoms with van der Waals surface area (Å²) in [5, 5.41) is 13.2. The summed E-state index contributed by atoms with van der Waals surface area (Å²) in [4.78, 5) is 18.6. The molecule has 1 amide bonds. The number of para-hydroxylation sites is 1. The van der Waals surface area contributed by atoms with Gasteiger partial charge in [-0.05, 0) is 57.5 Å². The molecule has 5 rings (SSSR count). The number of rotatable bonds is 6. The zero-order chi connectivity index (χ0) is 26.3. The fourth-order valence-electron chi connectivity index (χ4n) is 4.79. The lowest BCUT2D eigenvalue weighted by atomic mass is 10.0. The second-order valence-electron chi connectivity index (χ2n) is 9.25. The lowest BCUT2D eigenvalue weighted by Gasteiger charge is -2.12. The van der Waals surface area contributed by atoms with Crippen molar-refractivity contribution in [1.82, 2.24) is 24.5 Å². The van der Waals surface area contributed by atoms with Crippen LogP contribution in [0.3, 0.4) is 0 Å². The monoisotopic (exact) mass is 494 g/mol. The number of benzene rings is 2. The number of hydrogen-bond acceptors (Lipinski definition) is 5. The molecule has 3 heterocycles. The SMILES string of the molecule is COc1cccc(Cn2nc(C)c(NC(=O)c3cc(-c4c(C)nn(C)c4C)nc4ccccc34)c2C)c1. The summed E-state index contributed by atoms with van der Waals surface area (Å²) in [5.74, 6) is 0.596. The molecule has 188 valence electrons. The van der Waals surface area contributed by atoms with E-state index >= 15 is 0 Å². The molecule has 1 N–H and O–H groups in total. The molecule has 0 aliphatic heterocycles. The fourth-order valence-corrected chi connectivity index (χ4v) is 4.79. The number of ether oxygens (including phenoxy) is 1. The Morgan fingerprint density at radius 2 is 1.73 bits per heavy atom. The molecule has 0 unspecified atom stereocenters. The van der Waals surface area contributed by atoms with Gasteiger partial charge < -0.3 is 10.1 Å². The van der Waals surface area contributed by atoms with E-state index < -0.39 is 0 Å². The largest absolute Gasteiger partial charge is 0.497 e. The molecule has 0 spiro atoms. The van der Waals surface area contributed by atoms with Crippen molar-refractivity contribution in [3.8, 4) is 17.0 Å². The molecule has 0 aliphatic carbocycles. The average Bonchev–Trinajstić information content (AvgIpc) is 3.30. The van der Waals surface area contributed by atoms with Gasteiger partial charge in [0.1, 0.15) is 5.75 Å². The van der Waals surface area contributed by atoms with Gasteiger partial charge in [-0.25, -0.2) is 4.98 Å². The number of aryl methyl sites for hydroxylation is 3. The molecule has 0 fully saturated rings. The van der Waals surface area contributed by atoms with Crippen molar-refractivity contribution >= 4 is 22.5 Å². The van der Waals surface area contributed by atoms with Crippen LogP contribution in [0.2, 0.25) is 0 Å². The zero-order valence-corrected chi connectivity index (χ0v) is 22.0. The predicted molar refractivity (Wildman–Crippen MR) is 145 cm³/mol. The lowest BCUT2D eigenvalue weighted by molar-refractivity contribution is 0.102. The van der Waals surface area contributed by atoms with Crippen LogP contribution in [-0.2, 0) is 13.6 Å². The zero-order valence-electron chi connectivity index (χ0n) is 22.0. The first-order chi connectivity index (χ1) is 17.8. The standard InChI is InChI=1S/C29H30N6O2/c1-17-27(19(3)34(5)32-17)26-15-24(23-12-7-8-13-25(23)30-26)29(36)31-28-18(2)33-35(20(28)4)16-21-10-9-11-22(14-21)37-6/h7-15H,16H2,1-6H3,(H,31,36). The number of methoxy groups -OCH3 is 1.